The van der Waals surface area contributed by atoms with Gasteiger partial charge in [-0.15, -0.1) is 5.10 Å². The molecule has 0 spiro atoms. The molecule has 10 nitrogen and oxygen atoms in total. The minimum Gasteiger partial charge on any atom is -0.495 e. The monoisotopic (exact) mass is 561 g/mol. The summed E-state index contributed by atoms with van der Waals surface area (Å²) in [6.45, 7) is 3.39. The summed E-state index contributed by atoms with van der Waals surface area (Å²) in [4.78, 5) is 11.6. The first kappa shape index (κ1) is 26.1. The fourth-order valence-corrected chi connectivity index (χ4v) is 6.17. The van der Waals surface area contributed by atoms with Crippen LogP contribution in [-0.2, 0) is 10.0 Å². The van der Waals surface area contributed by atoms with Crippen LogP contribution >= 0.6 is 11.6 Å². The molecule has 1 aliphatic carbocycles. The molecule has 13 heteroatoms. The second kappa shape index (κ2) is 10.0. The van der Waals surface area contributed by atoms with E-state index in [0.29, 0.717) is 11.6 Å². The first-order valence-corrected chi connectivity index (χ1v) is 13.7. The van der Waals surface area contributed by atoms with Crippen molar-refractivity contribution in [1.29, 1.82) is 0 Å². The van der Waals surface area contributed by atoms with Crippen LogP contribution in [0.5, 0.6) is 5.75 Å². The quantitative estimate of drug-likeness (QED) is 0.307. The van der Waals surface area contributed by atoms with Gasteiger partial charge in [-0.1, -0.05) is 24.6 Å². The zero-order chi connectivity index (χ0) is 27.2. The molecule has 2 aromatic heterocycles. The molecule has 2 aromatic carbocycles. The van der Waals surface area contributed by atoms with Crippen molar-refractivity contribution in [2.24, 2.45) is 0 Å². The lowest BCUT2D eigenvalue weighted by Gasteiger charge is -2.25. The van der Waals surface area contributed by atoms with Gasteiger partial charge in [0.25, 0.3) is 0 Å². The Morgan fingerprint density at radius 3 is 2.71 bits per heavy atom. The summed E-state index contributed by atoms with van der Waals surface area (Å²) in [7, 11) is -2.97. The molecule has 38 heavy (non-hydrogen) atoms. The fraction of sp³-hybridized carbons (Fsp3) is 0.320. The SMILES string of the molecule is COc1cc(Cl)ccc1S(=O)(=O)NC(c1n[nH]c(=O)o1)C(C)c1c(F)ccc(-c2cnn(C3CC3)c2)c1C. The van der Waals surface area contributed by atoms with Gasteiger partial charge in [0.2, 0.25) is 15.9 Å². The van der Waals surface area contributed by atoms with Crippen LogP contribution in [0.2, 0.25) is 5.02 Å². The van der Waals surface area contributed by atoms with E-state index >= 15 is 4.39 Å². The minimum absolute atomic E-state index is 0.0110. The van der Waals surface area contributed by atoms with Crippen molar-refractivity contribution in [3.63, 3.8) is 0 Å². The zero-order valence-corrected chi connectivity index (χ0v) is 22.3. The molecule has 4 aromatic rings. The van der Waals surface area contributed by atoms with Crippen molar-refractivity contribution in [3.05, 3.63) is 81.1 Å². The zero-order valence-electron chi connectivity index (χ0n) is 20.7. The van der Waals surface area contributed by atoms with Gasteiger partial charge in [0, 0.05) is 28.8 Å². The smallest absolute Gasteiger partial charge is 0.434 e. The van der Waals surface area contributed by atoms with Crippen molar-refractivity contribution in [2.75, 3.05) is 7.11 Å². The molecule has 0 radical (unpaired) electrons. The highest BCUT2D eigenvalue weighted by atomic mass is 35.5. The number of benzene rings is 2. The molecule has 1 aliphatic rings. The van der Waals surface area contributed by atoms with Crippen LogP contribution in [0.4, 0.5) is 4.39 Å². The van der Waals surface area contributed by atoms with Crippen LogP contribution in [0.1, 0.15) is 54.8 Å². The standard InChI is InChI=1S/C25H25ClFN5O5S/c1-13-18(15-11-28-32(12-15)17-5-6-17)7-8-19(27)22(13)14(2)23(24-29-30-25(33)37-24)31-38(34,35)21-9-4-16(26)10-20(21)36-3/h4,7-12,14,17,23,31H,5-6H2,1-3H3,(H,30,33). The van der Waals surface area contributed by atoms with E-state index in [4.69, 9.17) is 20.8 Å². The lowest BCUT2D eigenvalue weighted by molar-refractivity contribution is 0.374. The Kier molecular flexibility index (Phi) is 6.88. The Hall–Kier alpha value is -3.48. The van der Waals surface area contributed by atoms with Crippen molar-refractivity contribution in [1.82, 2.24) is 24.7 Å². The van der Waals surface area contributed by atoms with E-state index in [0.717, 1.165) is 24.0 Å². The van der Waals surface area contributed by atoms with Crippen LogP contribution in [0, 0.1) is 12.7 Å². The van der Waals surface area contributed by atoms with E-state index in [2.05, 4.69) is 20.0 Å². The van der Waals surface area contributed by atoms with Gasteiger partial charge >= 0.3 is 5.76 Å². The Balaban J connectivity index is 1.57. The number of halogens is 2. The fourth-order valence-electron chi connectivity index (χ4n) is 4.58. The van der Waals surface area contributed by atoms with Gasteiger partial charge in [-0.05, 0) is 54.7 Å². The normalized spacial score (nSPS) is 15.4. The number of hydrogen-bond donors (Lipinski definition) is 2. The van der Waals surface area contributed by atoms with E-state index in [-0.39, 0.29) is 27.1 Å². The Morgan fingerprint density at radius 1 is 1.29 bits per heavy atom. The van der Waals surface area contributed by atoms with Crippen LogP contribution < -0.4 is 15.2 Å². The van der Waals surface area contributed by atoms with Crippen molar-refractivity contribution in [3.8, 4) is 16.9 Å². The first-order chi connectivity index (χ1) is 18.1. The molecular weight excluding hydrogens is 537 g/mol. The Bertz CT molecular complexity index is 1660. The minimum atomic E-state index is -4.28. The number of H-pyrrole nitrogens is 1. The summed E-state index contributed by atoms with van der Waals surface area (Å²) in [5.41, 5.74) is 2.41. The number of nitrogens with zero attached hydrogens (tertiary/aromatic N) is 3. The second-order valence-corrected chi connectivity index (χ2v) is 11.3. The number of sulfonamides is 1. The molecule has 2 unspecified atom stereocenters. The highest BCUT2D eigenvalue weighted by Gasteiger charge is 2.35. The summed E-state index contributed by atoms with van der Waals surface area (Å²) in [6.07, 6.45) is 5.79. The third-order valence-electron chi connectivity index (χ3n) is 6.67. The van der Waals surface area contributed by atoms with Gasteiger partial charge in [-0.25, -0.2) is 22.7 Å². The maximum atomic E-state index is 15.4. The molecule has 0 bridgehead atoms. The number of rotatable bonds is 9. The highest BCUT2D eigenvalue weighted by Crippen LogP contribution is 2.40. The van der Waals surface area contributed by atoms with Crippen LogP contribution in [-0.4, -0.2) is 35.5 Å². The lowest BCUT2D eigenvalue weighted by atomic mass is 9.86. The average Bonchev–Trinajstić information content (AvgIpc) is 3.45. The van der Waals surface area contributed by atoms with Gasteiger partial charge in [-0.3, -0.25) is 4.68 Å². The molecule has 1 fully saturated rings. The number of hydrogen-bond acceptors (Lipinski definition) is 7. The van der Waals surface area contributed by atoms with E-state index in [1.54, 1.807) is 26.1 Å². The largest absolute Gasteiger partial charge is 0.495 e. The van der Waals surface area contributed by atoms with Crippen molar-refractivity contribution >= 4 is 21.6 Å². The third-order valence-corrected chi connectivity index (χ3v) is 8.38. The molecule has 2 N–H and O–H groups in total. The van der Waals surface area contributed by atoms with Gasteiger partial charge in [0.1, 0.15) is 22.5 Å². The number of ether oxygens (including phenoxy) is 1. The van der Waals surface area contributed by atoms with Crippen LogP contribution in [0.25, 0.3) is 11.1 Å². The van der Waals surface area contributed by atoms with Gasteiger partial charge < -0.3 is 9.15 Å². The summed E-state index contributed by atoms with van der Waals surface area (Å²) < 4.78 is 57.1. The Morgan fingerprint density at radius 2 is 2.05 bits per heavy atom. The molecule has 0 amide bonds. The first-order valence-electron chi connectivity index (χ1n) is 11.8. The molecule has 2 atom stereocenters. The molecule has 5 rings (SSSR count). The topological polar surface area (TPSA) is 132 Å². The average molecular weight is 562 g/mol. The number of aromatic amines is 1. The van der Waals surface area contributed by atoms with Gasteiger partial charge in [0.05, 0.1) is 19.3 Å². The molecular formula is C25H25ClFN5O5S. The lowest BCUT2D eigenvalue weighted by Crippen LogP contribution is -2.33. The highest BCUT2D eigenvalue weighted by molar-refractivity contribution is 7.89. The molecule has 1 saturated carbocycles. The van der Waals surface area contributed by atoms with E-state index in [1.165, 1.54) is 31.4 Å². The summed E-state index contributed by atoms with van der Waals surface area (Å²) in [5.74, 6) is -2.51. The third kappa shape index (κ3) is 4.98. The molecule has 0 aliphatic heterocycles. The predicted octanol–water partition coefficient (Wildman–Crippen LogP) is 4.49. The summed E-state index contributed by atoms with van der Waals surface area (Å²) in [5, 5.41) is 10.7. The molecule has 2 heterocycles. The second-order valence-electron chi connectivity index (χ2n) is 9.21. The molecule has 200 valence electrons. The maximum absolute atomic E-state index is 15.4. The Labute approximate surface area is 222 Å². The predicted molar refractivity (Wildman–Crippen MR) is 137 cm³/mol. The summed E-state index contributed by atoms with van der Waals surface area (Å²) >= 11 is 6.00. The maximum Gasteiger partial charge on any atom is 0.434 e. The van der Waals surface area contributed by atoms with Gasteiger partial charge in [-0.2, -0.15) is 9.82 Å². The van der Waals surface area contributed by atoms with E-state index < -0.39 is 33.6 Å². The van der Waals surface area contributed by atoms with Crippen LogP contribution in [0.15, 0.2) is 56.8 Å². The van der Waals surface area contributed by atoms with Crippen molar-refractivity contribution < 1.29 is 22.0 Å². The van der Waals surface area contributed by atoms with E-state index in [9.17, 15) is 13.2 Å². The van der Waals surface area contributed by atoms with Crippen molar-refractivity contribution in [2.45, 2.75) is 49.6 Å². The van der Waals surface area contributed by atoms with Gasteiger partial charge in [0.15, 0.2) is 0 Å². The summed E-state index contributed by atoms with van der Waals surface area (Å²) in [6, 6.07) is 6.18. The van der Waals surface area contributed by atoms with E-state index in [1.807, 2.05) is 10.9 Å². The molecule has 0 saturated heterocycles. The van der Waals surface area contributed by atoms with Crippen LogP contribution in [0.3, 0.4) is 0 Å². The number of aromatic nitrogens is 4. The number of nitrogens with one attached hydrogen (secondary N) is 2. The number of methoxy groups -OCH3 is 1.